The number of benzene rings is 1. The normalized spacial score (nSPS) is 13.2. The second kappa shape index (κ2) is 6.03. The van der Waals surface area contributed by atoms with Gasteiger partial charge in [-0.05, 0) is 37.7 Å². The van der Waals surface area contributed by atoms with Gasteiger partial charge in [-0.3, -0.25) is 0 Å². The maximum Gasteiger partial charge on any atom is 0.124 e. The van der Waals surface area contributed by atoms with Crippen LogP contribution in [0, 0.1) is 0 Å². The van der Waals surface area contributed by atoms with Crippen LogP contribution in [0.1, 0.15) is 37.0 Å². The average molecular weight is 237 g/mol. The minimum absolute atomic E-state index is 0.450. The average Bonchev–Trinajstić information content (AvgIpc) is 2.27. The van der Waals surface area contributed by atoms with E-state index in [4.69, 9.17) is 4.74 Å². The van der Waals surface area contributed by atoms with Gasteiger partial charge in [0, 0.05) is 12.1 Å². The van der Waals surface area contributed by atoms with E-state index in [-0.39, 0.29) is 0 Å². The molecule has 3 heteroatoms. The molecule has 0 saturated heterocycles. The van der Waals surface area contributed by atoms with Crippen molar-refractivity contribution in [2.45, 2.75) is 25.9 Å². The Morgan fingerprint density at radius 1 is 1.29 bits per heavy atom. The fraction of sp³-hybridized carbons (Fsp3) is 0.571. The molecule has 17 heavy (non-hydrogen) atoms. The van der Waals surface area contributed by atoms with Crippen LogP contribution in [-0.4, -0.2) is 37.8 Å². The second-order valence-electron chi connectivity index (χ2n) is 4.93. The third-order valence-electron chi connectivity index (χ3n) is 2.82. The Labute approximate surface area is 104 Å². The van der Waals surface area contributed by atoms with Gasteiger partial charge in [0.15, 0.2) is 0 Å². The number of aliphatic hydroxyl groups excluding tert-OH is 1. The van der Waals surface area contributed by atoms with E-state index < -0.39 is 6.10 Å². The minimum Gasteiger partial charge on any atom is -0.496 e. The molecule has 0 saturated carbocycles. The summed E-state index contributed by atoms with van der Waals surface area (Å²) in [5.74, 6) is 1.20. The fourth-order valence-electron chi connectivity index (χ4n) is 1.82. The largest absolute Gasteiger partial charge is 0.496 e. The molecule has 1 aromatic carbocycles. The molecular weight excluding hydrogens is 214 g/mol. The van der Waals surface area contributed by atoms with Crippen LogP contribution in [-0.2, 0) is 0 Å². The molecule has 0 aliphatic heterocycles. The number of methoxy groups -OCH3 is 1. The predicted molar refractivity (Wildman–Crippen MR) is 70.6 cm³/mol. The first-order valence-corrected chi connectivity index (χ1v) is 5.96. The lowest BCUT2D eigenvalue weighted by Gasteiger charge is -2.20. The number of nitrogens with zero attached hydrogens (tertiary/aromatic N) is 1. The number of hydrogen-bond acceptors (Lipinski definition) is 3. The highest BCUT2D eigenvalue weighted by atomic mass is 16.5. The van der Waals surface area contributed by atoms with Gasteiger partial charge in [0.2, 0.25) is 0 Å². The van der Waals surface area contributed by atoms with Gasteiger partial charge < -0.3 is 14.7 Å². The van der Waals surface area contributed by atoms with Crippen molar-refractivity contribution in [3.8, 4) is 5.75 Å². The van der Waals surface area contributed by atoms with Gasteiger partial charge in [-0.2, -0.15) is 0 Å². The first kappa shape index (κ1) is 14.0. The molecule has 1 N–H and O–H groups in total. The van der Waals surface area contributed by atoms with Crippen molar-refractivity contribution in [1.29, 1.82) is 0 Å². The Balaban J connectivity index is 3.05. The maximum atomic E-state index is 10.2. The van der Waals surface area contributed by atoms with Crippen molar-refractivity contribution < 1.29 is 9.84 Å². The Bertz CT molecular complexity index is 361. The van der Waals surface area contributed by atoms with Gasteiger partial charge in [-0.1, -0.05) is 19.9 Å². The third-order valence-corrected chi connectivity index (χ3v) is 2.82. The van der Waals surface area contributed by atoms with Crippen molar-refractivity contribution in [2.75, 3.05) is 27.7 Å². The predicted octanol–water partition coefficient (Wildman–Crippen LogP) is 2.41. The summed E-state index contributed by atoms with van der Waals surface area (Å²) >= 11 is 0. The van der Waals surface area contributed by atoms with Crippen LogP contribution in [0.4, 0.5) is 0 Å². The number of hydrogen-bond donors (Lipinski definition) is 1. The highest BCUT2D eigenvalue weighted by molar-refractivity contribution is 5.40. The van der Waals surface area contributed by atoms with Crippen molar-refractivity contribution in [2.24, 2.45) is 0 Å². The first-order chi connectivity index (χ1) is 7.95. The summed E-state index contributed by atoms with van der Waals surface area (Å²) in [6.45, 7) is 4.88. The molecule has 0 heterocycles. The van der Waals surface area contributed by atoms with Crippen molar-refractivity contribution in [1.82, 2.24) is 4.90 Å². The SMILES string of the molecule is COc1ccc(C(C)C)cc1C(O)CN(C)C. The van der Waals surface area contributed by atoms with Gasteiger partial charge in [0.1, 0.15) is 5.75 Å². The molecular formula is C14H23NO2. The smallest absolute Gasteiger partial charge is 0.124 e. The number of rotatable bonds is 5. The van der Waals surface area contributed by atoms with Crippen molar-refractivity contribution >= 4 is 0 Å². The van der Waals surface area contributed by atoms with E-state index in [1.165, 1.54) is 5.56 Å². The standard InChI is InChI=1S/C14H23NO2/c1-10(2)11-6-7-14(17-5)12(8-11)13(16)9-15(3)4/h6-8,10,13,16H,9H2,1-5H3. The van der Waals surface area contributed by atoms with E-state index in [0.29, 0.717) is 12.5 Å². The maximum absolute atomic E-state index is 10.2. The summed E-state index contributed by atoms with van der Waals surface area (Å²) < 4.78 is 5.30. The van der Waals surface area contributed by atoms with Gasteiger partial charge in [0.05, 0.1) is 13.2 Å². The lowest BCUT2D eigenvalue weighted by Crippen LogP contribution is -2.20. The molecule has 3 nitrogen and oxygen atoms in total. The zero-order valence-electron chi connectivity index (χ0n) is 11.4. The third kappa shape index (κ3) is 3.72. The van der Waals surface area contributed by atoms with Crippen LogP contribution >= 0.6 is 0 Å². The zero-order valence-corrected chi connectivity index (χ0v) is 11.4. The second-order valence-corrected chi connectivity index (χ2v) is 4.93. The highest BCUT2D eigenvalue weighted by Gasteiger charge is 2.15. The topological polar surface area (TPSA) is 32.7 Å². The van der Waals surface area contributed by atoms with Crippen molar-refractivity contribution in [3.05, 3.63) is 29.3 Å². The van der Waals surface area contributed by atoms with Crippen LogP contribution in [0.2, 0.25) is 0 Å². The highest BCUT2D eigenvalue weighted by Crippen LogP contribution is 2.29. The molecule has 0 aliphatic carbocycles. The quantitative estimate of drug-likeness (QED) is 0.853. The lowest BCUT2D eigenvalue weighted by atomic mass is 9.97. The molecule has 0 radical (unpaired) electrons. The molecule has 0 spiro atoms. The van der Waals surface area contributed by atoms with Crippen LogP contribution in [0.15, 0.2) is 18.2 Å². The molecule has 0 fully saturated rings. The molecule has 0 aromatic heterocycles. The fourth-order valence-corrected chi connectivity index (χ4v) is 1.82. The zero-order chi connectivity index (χ0) is 13.0. The Hall–Kier alpha value is -1.06. The molecule has 0 bridgehead atoms. The van der Waals surface area contributed by atoms with Gasteiger partial charge in [-0.25, -0.2) is 0 Å². The first-order valence-electron chi connectivity index (χ1n) is 5.96. The molecule has 96 valence electrons. The summed E-state index contributed by atoms with van der Waals surface area (Å²) in [6, 6.07) is 6.02. The molecule has 1 unspecified atom stereocenters. The van der Waals surface area contributed by atoms with E-state index in [2.05, 4.69) is 19.9 Å². The summed E-state index contributed by atoms with van der Waals surface area (Å²) in [5.41, 5.74) is 2.09. The van der Waals surface area contributed by atoms with Crippen LogP contribution < -0.4 is 4.74 Å². The molecule has 1 rings (SSSR count). The molecule has 1 aromatic rings. The van der Waals surface area contributed by atoms with Crippen LogP contribution in [0.5, 0.6) is 5.75 Å². The lowest BCUT2D eigenvalue weighted by molar-refractivity contribution is 0.135. The van der Waals surface area contributed by atoms with E-state index in [1.807, 2.05) is 31.1 Å². The summed E-state index contributed by atoms with van der Waals surface area (Å²) in [4.78, 5) is 1.96. The summed E-state index contributed by atoms with van der Waals surface area (Å²) in [5, 5.41) is 10.2. The van der Waals surface area contributed by atoms with Gasteiger partial charge in [0.25, 0.3) is 0 Å². The number of ether oxygens (including phenoxy) is 1. The monoisotopic (exact) mass is 237 g/mol. The van der Waals surface area contributed by atoms with E-state index in [9.17, 15) is 5.11 Å². The molecule has 0 aliphatic rings. The van der Waals surface area contributed by atoms with Gasteiger partial charge >= 0.3 is 0 Å². The van der Waals surface area contributed by atoms with E-state index >= 15 is 0 Å². The van der Waals surface area contributed by atoms with E-state index in [0.717, 1.165) is 11.3 Å². The Kier molecular flexibility index (Phi) is 4.97. The summed E-state index contributed by atoms with van der Waals surface area (Å²) in [7, 11) is 5.53. The van der Waals surface area contributed by atoms with Gasteiger partial charge in [-0.15, -0.1) is 0 Å². The molecule has 1 atom stereocenters. The Morgan fingerprint density at radius 2 is 1.94 bits per heavy atom. The van der Waals surface area contributed by atoms with E-state index in [1.54, 1.807) is 7.11 Å². The van der Waals surface area contributed by atoms with Crippen LogP contribution in [0.3, 0.4) is 0 Å². The number of aliphatic hydroxyl groups is 1. The van der Waals surface area contributed by atoms with Crippen LogP contribution in [0.25, 0.3) is 0 Å². The minimum atomic E-state index is -0.515. The molecule has 0 amide bonds. The van der Waals surface area contributed by atoms with Crippen molar-refractivity contribution in [3.63, 3.8) is 0 Å². The summed E-state index contributed by atoms with van der Waals surface area (Å²) in [6.07, 6.45) is -0.515. The Morgan fingerprint density at radius 3 is 2.41 bits per heavy atom. The number of likely N-dealkylation sites (N-methyl/N-ethyl adjacent to an activating group) is 1.